The fourth-order valence-corrected chi connectivity index (χ4v) is 7.59. The summed E-state index contributed by atoms with van der Waals surface area (Å²) in [5.41, 5.74) is 4.83. The highest BCUT2D eigenvalue weighted by Crippen LogP contribution is 2.33. The van der Waals surface area contributed by atoms with E-state index >= 15 is 0 Å². The molecule has 5 aromatic carbocycles. The predicted octanol–water partition coefficient (Wildman–Crippen LogP) is 6.42. The number of aliphatic hydroxyl groups excluding tert-OH is 2. The molecule has 0 amide bonds. The summed E-state index contributed by atoms with van der Waals surface area (Å²) in [6, 6.07) is 49.1. The maximum absolute atomic E-state index is 12.2. The molecular weight excluding hydrogens is 765 g/mol. The maximum atomic E-state index is 12.2. The standard InChI is InChI=1S/C49H56O11/c1-52-49-48(57-32-39-25-15-6-16-26-39)47(56-31-38-23-13-5-14-24-38)44(40(27-50)60-49)58-34-41-43(51)46(55-30-37-21-11-4-12-22-37)45(54-29-36-19-9-3-10-20-36)42(59-41)33-53-28-35-17-7-2-8-18-35/h2-26,40-51H,27-34H2,1H3/t40-,41-,42-,43-,44-,45-,46-,47+,48-,49+/m1/s1. The summed E-state index contributed by atoms with van der Waals surface area (Å²) in [5, 5.41) is 22.9. The van der Waals surface area contributed by atoms with Crippen LogP contribution in [0.25, 0.3) is 0 Å². The van der Waals surface area contributed by atoms with Crippen molar-refractivity contribution < 1.29 is 52.8 Å². The number of ether oxygens (including phenoxy) is 9. The molecule has 11 nitrogen and oxygen atoms in total. The van der Waals surface area contributed by atoms with Crippen LogP contribution in [0.4, 0.5) is 0 Å². The minimum Gasteiger partial charge on any atom is -0.394 e. The second-order valence-electron chi connectivity index (χ2n) is 15.0. The Morgan fingerprint density at radius 3 is 1.27 bits per heavy atom. The molecule has 7 rings (SSSR count). The van der Waals surface area contributed by atoms with Crippen LogP contribution in [0.15, 0.2) is 152 Å². The Kier molecular flexibility index (Phi) is 16.8. The zero-order chi connectivity index (χ0) is 41.4. The first kappa shape index (κ1) is 43.7. The molecule has 2 aliphatic rings. The number of methoxy groups -OCH3 is 1. The average Bonchev–Trinajstić information content (AvgIpc) is 3.30. The summed E-state index contributed by atoms with van der Waals surface area (Å²) in [5.74, 6) is 0. The molecule has 318 valence electrons. The minimum absolute atomic E-state index is 0.105. The second-order valence-corrected chi connectivity index (χ2v) is 15.0. The van der Waals surface area contributed by atoms with Crippen molar-refractivity contribution in [3.05, 3.63) is 179 Å². The van der Waals surface area contributed by atoms with Gasteiger partial charge in [0.1, 0.15) is 54.9 Å². The average molecular weight is 821 g/mol. The van der Waals surface area contributed by atoms with E-state index in [2.05, 4.69) is 0 Å². The summed E-state index contributed by atoms with van der Waals surface area (Å²) >= 11 is 0. The van der Waals surface area contributed by atoms with Gasteiger partial charge in [-0.1, -0.05) is 152 Å². The normalized spacial score (nSPS) is 26.8. The van der Waals surface area contributed by atoms with Gasteiger partial charge >= 0.3 is 0 Å². The monoisotopic (exact) mass is 820 g/mol. The molecule has 0 unspecified atom stereocenters. The van der Waals surface area contributed by atoms with Crippen molar-refractivity contribution in [2.24, 2.45) is 0 Å². The number of hydrogen-bond acceptors (Lipinski definition) is 11. The van der Waals surface area contributed by atoms with Crippen molar-refractivity contribution >= 4 is 0 Å². The van der Waals surface area contributed by atoms with Gasteiger partial charge in [0.05, 0.1) is 52.9 Å². The quantitative estimate of drug-likeness (QED) is 0.0853. The minimum atomic E-state index is -1.18. The molecule has 11 heteroatoms. The zero-order valence-corrected chi connectivity index (χ0v) is 33.9. The third-order valence-corrected chi connectivity index (χ3v) is 10.7. The highest BCUT2D eigenvalue weighted by molar-refractivity contribution is 5.17. The lowest BCUT2D eigenvalue weighted by Crippen LogP contribution is -2.64. The van der Waals surface area contributed by atoms with Gasteiger partial charge in [0, 0.05) is 7.11 Å². The van der Waals surface area contributed by atoms with E-state index < -0.39 is 61.2 Å². The molecule has 0 saturated carbocycles. The number of benzene rings is 5. The first-order valence-corrected chi connectivity index (χ1v) is 20.6. The Bertz CT molecular complexity index is 1910. The summed E-state index contributed by atoms with van der Waals surface area (Å²) in [6.45, 7) is 1.02. The Morgan fingerprint density at radius 1 is 0.417 bits per heavy atom. The summed E-state index contributed by atoms with van der Waals surface area (Å²) < 4.78 is 58.1. The fraction of sp³-hybridized carbons (Fsp3) is 0.388. The van der Waals surface area contributed by atoms with Crippen LogP contribution >= 0.6 is 0 Å². The molecule has 2 fully saturated rings. The molecule has 10 atom stereocenters. The van der Waals surface area contributed by atoms with Crippen molar-refractivity contribution in [1.29, 1.82) is 0 Å². The molecule has 2 aliphatic heterocycles. The van der Waals surface area contributed by atoms with E-state index in [1.165, 1.54) is 7.11 Å². The van der Waals surface area contributed by atoms with Crippen molar-refractivity contribution in [2.45, 2.75) is 94.3 Å². The first-order valence-electron chi connectivity index (χ1n) is 20.6. The van der Waals surface area contributed by atoms with Gasteiger partial charge < -0.3 is 52.8 Å². The maximum Gasteiger partial charge on any atom is 0.186 e. The largest absolute Gasteiger partial charge is 0.394 e. The van der Waals surface area contributed by atoms with Crippen molar-refractivity contribution in [2.75, 3.05) is 26.9 Å². The molecule has 5 aromatic rings. The van der Waals surface area contributed by atoms with Gasteiger partial charge in [-0.2, -0.15) is 0 Å². The van der Waals surface area contributed by atoms with Crippen LogP contribution < -0.4 is 0 Å². The summed E-state index contributed by atoms with van der Waals surface area (Å²) in [7, 11) is 1.53. The van der Waals surface area contributed by atoms with Crippen LogP contribution in [0, 0.1) is 0 Å². The van der Waals surface area contributed by atoms with E-state index in [9.17, 15) is 10.2 Å². The highest BCUT2D eigenvalue weighted by Gasteiger charge is 2.51. The third kappa shape index (κ3) is 12.2. The molecule has 0 radical (unpaired) electrons. The molecule has 2 N–H and O–H groups in total. The van der Waals surface area contributed by atoms with Gasteiger partial charge in [0.2, 0.25) is 0 Å². The molecule has 0 spiro atoms. The molecule has 2 saturated heterocycles. The third-order valence-electron chi connectivity index (χ3n) is 10.7. The SMILES string of the molecule is CO[C@H]1O[C@H](CO)[C@@H](OC[C@H]2O[C@H](COCc3ccccc3)[C@@H](OCc3ccccc3)[C@H](OCc3ccccc3)[C@@H]2O)[C@H](OCc2ccccc2)[C@H]1OCc1ccccc1. The molecule has 2 heterocycles. The molecule has 0 bridgehead atoms. The van der Waals surface area contributed by atoms with Gasteiger partial charge in [-0.3, -0.25) is 0 Å². The van der Waals surface area contributed by atoms with E-state index in [1.54, 1.807) is 0 Å². The predicted molar refractivity (Wildman–Crippen MR) is 223 cm³/mol. The van der Waals surface area contributed by atoms with Gasteiger partial charge in [0.25, 0.3) is 0 Å². The molecule has 0 aromatic heterocycles. The summed E-state index contributed by atoms with van der Waals surface area (Å²) in [4.78, 5) is 0. The van der Waals surface area contributed by atoms with Crippen LogP contribution in [0.2, 0.25) is 0 Å². The van der Waals surface area contributed by atoms with Crippen molar-refractivity contribution in [3.8, 4) is 0 Å². The topological polar surface area (TPSA) is 124 Å². The van der Waals surface area contributed by atoms with Crippen molar-refractivity contribution in [3.63, 3.8) is 0 Å². The lowest BCUT2D eigenvalue weighted by molar-refractivity contribution is -0.327. The van der Waals surface area contributed by atoms with Crippen LogP contribution in [0.5, 0.6) is 0 Å². The van der Waals surface area contributed by atoms with E-state index in [0.717, 1.165) is 27.8 Å². The Labute approximate surface area is 352 Å². The van der Waals surface area contributed by atoms with E-state index in [4.69, 9.17) is 42.6 Å². The second kappa shape index (κ2) is 23.0. The van der Waals surface area contributed by atoms with Gasteiger partial charge in [-0.05, 0) is 27.8 Å². The van der Waals surface area contributed by atoms with Crippen LogP contribution in [0.1, 0.15) is 27.8 Å². The van der Waals surface area contributed by atoms with E-state index in [0.29, 0.717) is 6.61 Å². The van der Waals surface area contributed by atoms with Crippen molar-refractivity contribution in [1.82, 2.24) is 0 Å². The lowest BCUT2D eigenvalue weighted by atomic mass is 9.94. The smallest absolute Gasteiger partial charge is 0.186 e. The van der Waals surface area contributed by atoms with E-state index in [-0.39, 0.29) is 46.2 Å². The van der Waals surface area contributed by atoms with E-state index in [1.807, 2.05) is 152 Å². The van der Waals surface area contributed by atoms with Crippen LogP contribution in [0.3, 0.4) is 0 Å². The number of aliphatic hydroxyl groups is 2. The Hall–Kier alpha value is -4.34. The zero-order valence-electron chi connectivity index (χ0n) is 33.9. The fourth-order valence-electron chi connectivity index (χ4n) is 7.59. The van der Waals surface area contributed by atoms with Crippen LogP contribution in [-0.2, 0) is 75.7 Å². The molecule has 0 aliphatic carbocycles. The Morgan fingerprint density at radius 2 is 0.817 bits per heavy atom. The number of rotatable bonds is 21. The molecule has 60 heavy (non-hydrogen) atoms. The van der Waals surface area contributed by atoms with Gasteiger partial charge in [-0.15, -0.1) is 0 Å². The molecular formula is C49H56O11. The number of hydrogen-bond donors (Lipinski definition) is 2. The lowest BCUT2D eigenvalue weighted by Gasteiger charge is -2.47. The van der Waals surface area contributed by atoms with Gasteiger partial charge in [-0.25, -0.2) is 0 Å². The highest BCUT2D eigenvalue weighted by atomic mass is 16.7. The Balaban J connectivity index is 1.14. The van der Waals surface area contributed by atoms with Gasteiger partial charge in [0.15, 0.2) is 6.29 Å². The first-order chi connectivity index (χ1) is 29.6. The van der Waals surface area contributed by atoms with Crippen LogP contribution in [-0.4, -0.2) is 98.4 Å². The summed E-state index contributed by atoms with van der Waals surface area (Å²) in [6.07, 6.45) is -8.37.